The van der Waals surface area contributed by atoms with Crippen molar-refractivity contribution in [3.63, 3.8) is 0 Å². The molecule has 6 rings (SSSR count). The normalized spacial score (nSPS) is 17.1. The van der Waals surface area contributed by atoms with E-state index in [9.17, 15) is 38.4 Å². The first-order valence-electron chi connectivity index (χ1n) is 17.2. The molecule has 1 aliphatic heterocycles. The molecule has 15 nitrogen and oxygen atoms in total. The van der Waals surface area contributed by atoms with Gasteiger partial charge >= 0.3 is 23.9 Å². The molecule has 0 bridgehead atoms. The van der Waals surface area contributed by atoms with Crippen LogP contribution >= 0.6 is 22.7 Å². The maximum absolute atomic E-state index is 13.2. The molecule has 2 aromatic heterocycles. The third kappa shape index (κ3) is 7.77. The lowest BCUT2D eigenvalue weighted by Gasteiger charge is -2.18. The first-order valence-corrected chi connectivity index (χ1v) is 18.8. The second-order valence-corrected chi connectivity index (χ2v) is 15.6. The summed E-state index contributed by atoms with van der Waals surface area (Å²) in [6.07, 6.45) is 4.65. The van der Waals surface area contributed by atoms with Gasteiger partial charge in [-0.25, -0.2) is 14.4 Å². The zero-order valence-corrected chi connectivity index (χ0v) is 31.5. The van der Waals surface area contributed by atoms with E-state index in [1.54, 1.807) is 0 Å². The summed E-state index contributed by atoms with van der Waals surface area (Å²) in [7, 11) is 2.51. The second-order valence-electron chi connectivity index (χ2n) is 13.4. The van der Waals surface area contributed by atoms with Gasteiger partial charge < -0.3 is 29.6 Å². The molecular weight excluding hydrogens is 743 g/mol. The number of imide groups is 1. The first-order chi connectivity index (χ1) is 25.8. The summed E-state index contributed by atoms with van der Waals surface area (Å²) in [5.41, 5.74) is 1.89. The van der Waals surface area contributed by atoms with Crippen molar-refractivity contribution in [1.82, 2.24) is 4.90 Å². The Kier molecular flexibility index (Phi) is 11.3. The largest absolute Gasteiger partial charge is 0.465 e. The summed E-state index contributed by atoms with van der Waals surface area (Å²) >= 11 is 2.55. The van der Waals surface area contributed by atoms with E-state index in [4.69, 9.17) is 18.9 Å². The van der Waals surface area contributed by atoms with E-state index in [2.05, 4.69) is 24.5 Å². The molecule has 2 atom stereocenters. The fourth-order valence-electron chi connectivity index (χ4n) is 6.74. The quantitative estimate of drug-likeness (QED) is 0.160. The maximum Gasteiger partial charge on any atom is 0.341 e. The van der Waals surface area contributed by atoms with Crippen LogP contribution in [0.25, 0.3) is 0 Å². The van der Waals surface area contributed by atoms with Crippen LogP contribution in [0.5, 0.6) is 0 Å². The van der Waals surface area contributed by atoms with Crippen molar-refractivity contribution in [3.8, 4) is 0 Å². The predicted octanol–water partition coefficient (Wildman–Crippen LogP) is 4.21. The molecule has 3 heterocycles. The minimum Gasteiger partial charge on any atom is -0.465 e. The van der Waals surface area contributed by atoms with Crippen molar-refractivity contribution >= 4 is 80.2 Å². The lowest BCUT2D eigenvalue weighted by molar-refractivity contribution is -0.147. The summed E-state index contributed by atoms with van der Waals surface area (Å²) in [6, 6.07) is 3.59. The van der Waals surface area contributed by atoms with Gasteiger partial charge in [0.15, 0.2) is 13.2 Å². The lowest BCUT2D eigenvalue weighted by Crippen LogP contribution is -2.36. The molecule has 2 N–H and O–H groups in total. The molecule has 0 fully saturated rings. The van der Waals surface area contributed by atoms with Crippen LogP contribution in [0.15, 0.2) is 18.2 Å². The number of nitrogens with zero attached hydrogens (tertiary/aromatic N) is 1. The van der Waals surface area contributed by atoms with Gasteiger partial charge in [0.2, 0.25) is 0 Å². The Morgan fingerprint density at radius 1 is 0.722 bits per heavy atom. The van der Waals surface area contributed by atoms with E-state index >= 15 is 0 Å². The van der Waals surface area contributed by atoms with E-state index < -0.39 is 67.3 Å². The van der Waals surface area contributed by atoms with Crippen LogP contribution in [-0.2, 0) is 59.0 Å². The second kappa shape index (κ2) is 15.9. The molecule has 4 amide bonds. The Labute approximate surface area is 317 Å². The fraction of sp³-hybridized carbons (Fsp3) is 0.405. The molecular formula is C37H37N3O12S2. The van der Waals surface area contributed by atoms with Crippen molar-refractivity contribution in [2.45, 2.75) is 52.4 Å². The highest BCUT2D eigenvalue weighted by atomic mass is 32.1. The number of benzene rings is 1. The molecule has 1 aromatic carbocycles. The van der Waals surface area contributed by atoms with Crippen LogP contribution in [-0.4, -0.2) is 86.4 Å². The highest BCUT2D eigenvalue weighted by Crippen LogP contribution is 2.41. The van der Waals surface area contributed by atoms with Crippen molar-refractivity contribution in [3.05, 3.63) is 66.9 Å². The molecule has 3 aromatic rings. The Morgan fingerprint density at radius 3 is 1.74 bits per heavy atom. The number of nitrogens with one attached hydrogen (secondary N) is 2. The van der Waals surface area contributed by atoms with Gasteiger partial charge in [-0.1, -0.05) is 13.8 Å². The minimum absolute atomic E-state index is 0.0718. The Balaban J connectivity index is 1.02. The van der Waals surface area contributed by atoms with E-state index in [1.165, 1.54) is 49.0 Å². The number of methoxy groups -OCH3 is 2. The van der Waals surface area contributed by atoms with Crippen LogP contribution in [0.3, 0.4) is 0 Å². The van der Waals surface area contributed by atoms with Gasteiger partial charge in [0.1, 0.15) is 16.5 Å². The number of anilines is 2. The van der Waals surface area contributed by atoms with Crippen molar-refractivity contribution in [2.75, 3.05) is 44.6 Å². The Bertz CT molecular complexity index is 2100. The standard InChI is InChI=1S/C37H37N3O12S2/c1-17-5-8-21-24(11-17)53-31(29(21)36(47)49-3)38-26(41)15-51-28(43)14-40-33(44)20-10-7-19(13-23(20)34(40)45)35(46)52-16-27(42)39-32-30(37(48)50-4)22-9-6-18(2)12-25(22)54-32/h7,10,13,17-18H,5-6,8-9,11-12,14-16H2,1-4H3,(H,38,41)(H,39,42). The molecule has 0 spiro atoms. The number of hydrogen-bond donors (Lipinski definition) is 2. The smallest absolute Gasteiger partial charge is 0.341 e. The first kappa shape index (κ1) is 38.3. The van der Waals surface area contributed by atoms with Crippen molar-refractivity contribution in [2.24, 2.45) is 11.8 Å². The van der Waals surface area contributed by atoms with E-state index in [0.29, 0.717) is 45.1 Å². The van der Waals surface area contributed by atoms with Gasteiger partial charge in [0.05, 0.1) is 42.0 Å². The van der Waals surface area contributed by atoms with Crippen LogP contribution in [0.1, 0.15) is 99.4 Å². The SMILES string of the molecule is COC(=O)c1c(NC(=O)COC(=O)CN2C(=O)c3ccc(C(=O)OCC(=O)Nc4sc5c(c4C(=O)OC)CCC(C)C5)cc3C2=O)sc2c1CCC(C)C2. The van der Waals surface area contributed by atoms with Gasteiger partial charge in [0.25, 0.3) is 23.6 Å². The maximum atomic E-state index is 13.2. The Morgan fingerprint density at radius 2 is 1.22 bits per heavy atom. The molecule has 3 aliphatic rings. The molecule has 0 radical (unpaired) electrons. The summed E-state index contributed by atoms with van der Waals surface area (Å²) < 4.78 is 20.1. The number of hydrogen-bond acceptors (Lipinski definition) is 14. The number of rotatable bonds is 11. The highest BCUT2D eigenvalue weighted by Gasteiger charge is 2.38. The van der Waals surface area contributed by atoms with Gasteiger partial charge in [-0.2, -0.15) is 0 Å². The number of carbonyl (C=O) groups is 8. The topological polar surface area (TPSA) is 201 Å². The van der Waals surface area contributed by atoms with Gasteiger partial charge in [-0.15, -0.1) is 22.7 Å². The van der Waals surface area contributed by atoms with Crippen LogP contribution in [0, 0.1) is 11.8 Å². The zero-order valence-electron chi connectivity index (χ0n) is 29.9. The molecule has 0 saturated heterocycles. The van der Waals surface area contributed by atoms with Gasteiger partial charge in [0, 0.05) is 9.75 Å². The summed E-state index contributed by atoms with van der Waals surface area (Å²) in [4.78, 5) is 105. The van der Waals surface area contributed by atoms with Crippen LogP contribution in [0.4, 0.5) is 10.0 Å². The lowest BCUT2D eigenvalue weighted by atomic mass is 9.88. The molecule has 17 heteroatoms. The van der Waals surface area contributed by atoms with Gasteiger partial charge in [-0.3, -0.25) is 28.9 Å². The van der Waals surface area contributed by atoms with Crippen molar-refractivity contribution < 1.29 is 57.3 Å². The highest BCUT2D eigenvalue weighted by molar-refractivity contribution is 7.17. The summed E-state index contributed by atoms with van der Waals surface area (Å²) in [6.45, 7) is 1.95. The van der Waals surface area contributed by atoms with Crippen molar-refractivity contribution in [1.29, 1.82) is 0 Å². The number of fused-ring (bicyclic) bond motifs is 3. The molecule has 2 aliphatic carbocycles. The predicted molar refractivity (Wildman–Crippen MR) is 194 cm³/mol. The molecule has 0 saturated carbocycles. The minimum atomic E-state index is -1.05. The van der Waals surface area contributed by atoms with E-state index in [1.807, 2.05) is 0 Å². The molecule has 2 unspecified atom stereocenters. The summed E-state index contributed by atoms with van der Waals surface area (Å²) in [5, 5.41) is 5.86. The fourth-order valence-corrected chi connectivity index (χ4v) is 9.57. The monoisotopic (exact) mass is 779 g/mol. The van der Waals surface area contributed by atoms with Crippen LogP contribution < -0.4 is 10.6 Å². The third-order valence-corrected chi connectivity index (χ3v) is 11.8. The van der Waals surface area contributed by atoms with Crippen LogP contribution in [0.2, 0.25) is 0 Å². The molecule has 54 heavy (non-hydrogen) atoms. The number of esters is 4. The number of amides is 4. The average molecular weight is 780 g/mol. The van der Waals surface area contributed by atoms with Gasteiger partial charge in [-0.05, 0) is 79.7 Å². The Hall–Kier alpha value is -5.42. The average Bonchev–Trinajstić information content (AvgIpc) is 3.76. The number of ether oxygens (including phenoxy) is 4. The number of carbonyl (C=O) groups excluding carboxylic acids is 8. The zero-order chi connectivity index (χ0) is 38.8. The van der Waals surface area contributed by atoms with E-state index in [-0.39, 0.29) is 22.3 Å². The third-order valence-electron chi connectivity index (χ3n) is 9.50. The number of thiophene rings is 2. The van der Waals surface area contributed by atoms with E-state index in [0.717, 1.165) is 52.6 Å². The summed E-state index contributed by atoms with van der Waals surface area (Å²) in [5.74, 6) is -5.43. The molecule has 284 valence electrons.